The normalized spacial score (nSPS) is 20.6. The standard InChI is InChI=1S/C39H40N2O4/c1-23-31-20-34(31)32(24(2)37(23)39(44)40-22-26-13-17-30(45-4)18-14-26)21-35-33-19-29(16-15-28(33)11-8-12-36(35)42)38(43)41-25(3)27-9-6-5-7-10-27/h5-7,9-10,13-19,21,25,31,34H,8,11-12,20,22H2,1-4H3,(H,40,44)(H,41,43)/b35-21-/t25-,31?,34?/m1/s1. The van der Waals surface area contributed by atoms with E-state index in [-0.39, 0.29) is 23.6 Å². The van der Waals surface area contributed by atoms with Crippen LogP contribution in [0.4, 0.5) is 0 Å². The predicted molar refractivity (Wildman–Crippen MR) is 177 cm³/mol. The first-order chi connectivity index (χ1) is 21.7. The highest BCUT2D eigenvalue weighted by atomic mass is 16.5. The molecule has 230 valence electrons. The van der Waals surface area contributed by atoms with E-state index in [1.165, 1.54) is 0 Å². The Bertz CT molecular complexity index is 1750. The zero-order valence-corrected chi connectivity index (χ0v) is 26.4. The number of rotatable bonds is 8. The Morgan fingerprint density at radius 1 is 0.956 bits per heavy atom. The van der Waals surface area contributed by atoms with Gasteiger partial charge in [0.2, 0.25) is 0 Å². The van der Waals surface area contributed by atoms with Gasteiger partial charge in [-0.15, -0.1) is 0 Å². The van der Waals surface area contributed by atoms with E-state index in [1.54, 1.807) is 7.11 Å². The van der Waals surface area contributed by atoms with Gasteiger partial charge in [0.15, 0.2) is 5.78 Å². The molecule has 3 aliphatic rings. The number of aryl methyl sites for hydroxylation is 1. The Kier molecular flexibility index (Phi) is 8.57. The quantitative estimate of drug-likeness (QED) is 0.214. The molecule has 0 bridgehead atoms. The molecule has 1 saturated carbocycles. The number of carbonyl (C=O) groups is 3. The summed E-state index contributed by atoms with van der Waals surface area (Å²) in [5.74, 6) is 1.19. The molecule has 0 aromatic heterocycles. The molecule has 6 rings (SSSR count). The smallest absolute Gasteiger partial charge is 0.251 e. The van der Waals surface area contributed by atoms with Gasteiger partial charge in [0.1, 0.15) is 5.75 Å². The SMILES string of the molecule is COc1ccc(CNC(=O)C2=C(C)C3CC3C(/C=C3\C(=O)CCCc4ccc(C(=O)N[C@H](C)c5ccccc5)cc43)=C2C)cc1. The summed E-state index contributed by atoms with van der Waals surface area (Å²) in [6.45, 7) is 6.45. The van der Waals surface area contributed by atoms with Crippen LogP contribution in [-0.4, -0.2) is 24.7 Å². The van der Waals surface area contributed by atoms with Gasteiger partial charge in [0, 0.05) is 29.7 Å². The maximum absolute atomic E-state index is 13.6. The number of ether oxygens (including phenoxy) is 1. The van der Waals surface area contributed by atoms with Crippen LogP contribution in [0.3, 0.4) is 0 Å². The maximum Gasteiger partial charge on any atom is 0.251 e. The van der Waals surface area contributed by atoms with E-state index in [9.17, 15) is 14.4 Å². The second-order valence-electron chi connectivity index (χ2n) is 12.4. The van der Waals surface area contributed by atoms with Crippen molar-refractivity contribution in [1.29, 1.82) is 0 Å². The zero-order chi connectivity index (χ0) is 31.7. The number of hydrogen-bond donors (Lipinski definition) is 2. The van der Waals surface area contributed by atoms with E-state index in [1.807, 2.05) is 92.7 Å². The molecular weight excluding hydrogens is 560 g/mol. The van der Waals surface area contributed by atoms with Gasteiger partial charge < -0.3 is 15.4 Å². The van der Waals surface area contributed by atoms with Crippen LogP contribution in [0.15, 0.2) is 101 Å². The molecule has 1 fully saturated rings. The molecule has 3 atom stereocenters. The highest BCUT2D eigenvalue weighted by Crippen LogP contribution is 2.55. The molecule has 2 unspecified atom stereocenters. The Morgan fingerprint density at radius 2 is 1.71 bits per heavy atom. The molecule has 2 amide bonds. The minimum absolute atomic E-state index is 0.0817. The van der Waals surface area contributed by atoms with Crippen molar-refractivity contribution < 1.29 is 19.1 Å². The van der Waals surface area contributed by atoms with Gasteiger partial charge in [0.05, 0.1) is 13.2 Å². The van der Waals surface area contributed by atoms with Crippen molar-refractivity contribution in [1.82, 2.24) is 10.6 Å². The molecule has 6 nitrogen and oxygen atoms in total. The van der Waals surface area contributed by atoms with Crippen molar-refractivity contribution in [2.45, 2.75) is 59.0 Å². The number of allylic oxidation sites excluding steroid dienone is 4. The first-order valence-electron chi connectivity index (χ1n) is 15.8. The number of hydrogen-bond acceptors (Lipinski definition) is 4. The summed E-state index contributed by atoms with van der Waals surface area (Å²) >= 11 is 0. The highest BCUT2D eigenvalue weighted by Gasteiger charge is 2.46. The molecule has 45 heavy (non-hydrogen) atoms. The summed E-state index contributed by atoms with van der Waals surface area (Å²) in [6.07, 6.45) is 5.00. The number of Topliss-reactive ketones (excluding diaryl/α,β-unsaturated/α-hetero) is 1. The molecule has 0 radical (unpaired) electrons. The van der Waals surface area contributed by atoms with E-state index in [2.05, 4.69) is 17.6 Å². The molecule has 0 aliphatic heterocycles. The highest BCUT2D eigenvalue weighted by molar-refractivity contribution is 6.22. The van der Waals surface area contributed by atoms with Crippen molar-refractivity contribution in [3.63, 3.8) is 0 Å². The van der Waals surface area contributed by atoms with Crippen molar-refractivity contribution in [2.24, 2.45) is 11.8 Å². The summed E-state index contributed by atoms with van der Waals surface area (Å²) in [4.78, 5) is 40.6. The van der Waals surface area contributed by atoms with Gasteiger partial charge >= 0.3 is 0 Å². The van der Waals surface area contributed by atoms with Gasteiger partial charge in [-0.3, -0.25) is 14.4 Å². The summed E-state index contributed by atoms with van der Waals surface area (Å²) in [5, 5.41) is 6.21. The fraction of sp³-hybridized carbons (Fsp3) is 0.308. The minimum Gasteiger partial charge on any atom is -0.497 e. The summed E-state index contributed by atoms with van der Waals surface area (Å²) in [7, 11) is 1.63. The molecule has 3 aliphatic carbocycles. The van der Waals surface area contributed by atoms with E-state index >= 15 is 0 Å². The molecule has 3 aromatic rings. The lowest BCUT2D eigenvalue weighted by atomic mass is 9.84. The third-order valence-electron chi connectivity index (χ3n) is 9.55. The van der Waals surface area contributed by atoms with E-state index < -0.39 is 0 Å². The Balaban J connectivity index is 1.29. The van der Waals surface area contributed by atoms with Crippen LogP contribution < -0.4 is 15.4 Å². The summed E-state index contributed by atoms with van der Waals surface area (Å²) in [6, 6.07) is 23.1. The van der Waals surface area contributed by atoms with Gasteiger partial charge in [-0.25, -0.2) is 0 Å². The Hall–Kier alpha value is -4.71. The Morgan fingerprint density at radius 3 is 2.44 bits per heavy atom. The molecule has 2 N–H and O–H groups in total. The van der Waals surface area contributed by atoms with Crippen LogP contribution >= 0.6 is 0 Å². The monoisotopic (exact) mass is 600 g/mol. The molecular formula is C39H40N2O4. The van der Waals surface area contributed by atoms with E-state index in [4.69, 9.17) is 4.74 Å². The van der Waals surface area contributed by atoms with Gasteiger partial charge in [-0.1, -0.05) is 54.1 Å². The topological polar surface area (TPSA) is 84.5 Å². The van der Waals surface area contributed by atoms with Gasteiger partial charge in [-0.05, 0) is 116 Å². The van der Waals surface area contributed by atoms with Gasteiger partial charge in [-0.2, -0.15) is 0 Å². The lowest BCUT2D eigenvalue weighted by molar-refractivity contribution is -0.117. The van der Waals surface area contributed by atoms with Crippen LogP contribution in [0.25, 0.3) is 5.57 Å². The predicted octanol–water partition coefficient (Wildman–Crippen LogP) is 7.07. The van der Waals surface area contributed by atoms with Gasteiger partial charge in [0.25, 0.3) is 11.8 Å². The van der Waals surface area contributed by atoms with Crippen LogP contribution in [0, 0.1) is 11.8 Å². The summed E-state index contributed by atoms with van der Waals surface area (Å²) < 4.78 is 5.25. The average Bonchev–Trinajstić information content (AvgIpc) is 3.87. The van der Waals surface area contributed by atoms with Crippen molar-refractivity contribution in [3.05, 3.63) is 129 Å². The van der Waals surface area contributed by atoms with Crippen molar-refractivity contribution >= 4 is 23.2 Å². The fourth-order valence-electron chi connectivity index (χ4n) is 6.83. The molecule has 0 saturated heterocycles. The van der Waals surface area contributed by atoms with Crippen LogP contribution in [0.2, 0.25) is 0 Å². The van der Waals surface area contributed by atoms with E-state index in [0.29, 0.717) is 35.9 Å². The number of amides is 2. The number of ketones is 1. The number of fused-ring (bicyclic) bond motifs is 2. The van der Waals surface area contributed by atoms with E-state index in [0.717, 1.165) is 69.6 Å². The second kappa shape index (κ2) is 12.7. The third kappa shape index (κ3) is 6.28. The molecule has 3 aromatic carbocycles. The first kappa shape index (κ1) is 30.3. The number of nitrogens with one attached hydrogen (secondary N) is 2. The number of methoxy groups -OCH3 is 1. The van der Waals surface area contributed by atoms with Crippen molar-refractivity contribution in [2.75, 3.05) is 7.11 Å². The summed E-state index contributed by atoms with van der Waals surface area (Å²) in [5.41, 5.74) is 8.92. The number of benzene rings is 3. The van der Waals surface area contributed by atoms with Crippen LogP contribution in [-0.2, 0) is 22.6 Å². The zero-order valence-electron chi connectivity index (χ0n) is 26.4. The van der Waals surface area contributed by atoms with Crippen LogP contribution in [0.1, 0.15) is 78.7 Å². The lowest BCUT2D eigenvalue weighted by Gasteiger charge is -2.22. The molecule has 6 heteroatoms. The number of carbonyl (C=O) groups excluding carboxylic acids is 3. The maximum atomic E-state index is 13.6. The molecule has 0 spiro atoms. The molecule has 0 heterocycles. The van der Waals surface area contributed by atoms with Crippen molar-refractivity contribution in [3.8, 4) is 5.75 Å². The average molecular weight is 601 g/mol. The largest absolute Gasteiger partial charge is 0.497 e. The first-order valence-corrected chi connectivity index (χ1v) is 15.8. The fourth-order valence-corrected chi connectivity index (χ4v) is 6.83. The second-order valence-corrected chi connectivity index (χ2v) is 12.4. The van der Waals surface area contributed by atoms with Crippen LogP contribution in [0.5, 0.6) is 5.75 Å². The third-order valence-corrected chi connectivity index (χ3v) is 9.55. The minimum atomic E-state index is -0.171. The lowest BCUT2D eigenvalue weighted by Crippen LogP contribution is -2.27. The Labute approximate surface area is 265 Å².